The molecule has 3 aliphatic rings. The number of nitrogen functional groups attached to an aromatic ring is 1. The van der Waals surface area contributed by atoms with Crippen molar-refractivity contribution in [3.05, 3.63) is 84.3 Å². The molecule has 1 aliphatic carbocycles. The molecule has 1 spiro atoms. The summed E-state index contributed by atoms with van der Waals surface area (Å²) in [4.78, 5) is 18.5. The standard InChI is InChI=1S/C35H37FN8O/c1-22(45)43-20-34(21-43)16-18-42(19-34)29-7-2-5-25(30(29)36)27-12-13-28-33(40-27)44(32(41-28)26-6-3-17-39-31(26)37)24-10-8-23(9-11-24)35(38)14-4-15-35/h2-3,5-13,17,22,45H,4,14-16,18-21,38H2,1H3,(H2,37,39). The fourth-order valence-electron chi connectivity index (χ4n) is 7.37. The van der Waals surface area contributed by atoms with Crippen LogP contribution in [0.3, 0.4) is 0 Å². The molecule has 5 N–H and O–H groups in total. The number of aromatic nitrogens is 4. The fraction of sp³-hybridized carbons (Fsp3) is 0.343. The smallest absolute Gasteiger partial charge is 0.165 e. The quantitative estimate of drug-likeness (QED) is 0.246. The van der Waals surface area contributed by atoms with E-state index in [1.807, 2.05) is 53.1 Å². The van der Waals surface area contributed by atoms with Gasteiger partial charge in [-0.2, -0.15) is 0 Å². The summed E-state index contributed by atoms with van der Waals surface area (Å²) in [6.07, 6.45) is 5.28. The predicted octanol–water partition coefficient (Wildman–Crippen LogP) is 5.06. The number of hydrogen-bond acceptors (Lipinski definition) is 8. The molecule has 1 unspecified atom stereocenters. The van der Waals surface area contributed by atoms with Gasteiger partial charge in [0.05, 0.1) is 16.9 Å². The summed E-state index contributed by atoms with van der Waals surface area (Å²) in [6, 6.07) is 21.2. The number of hydrogen-bond donors (Lipinski definition) is 3. The molecule has 2 saturated heterocycles. The first kappa shape index (κ1) is 28.1. The summed E-state index contributed by atoms with van der Waals surface area (Å²) >= 11 is 0. The first-order valence-electron chi connectivity index (χ1n) is 15.7. The Morgan fingerprint density at radius 3 is 2.40 bits per heavy atom. The molecule has 0 radical (unpaired) electrons. The maximum absolute atomic E-state index is 16.3. The normalized spacial score (nSPS) is 19.5. The zero-order valence-corrected chi connectivity index (χ0v) is 25.3. The third-order valence-electron chi connectivity index (χ3n) is 10.2. The Kier molecular flexibility index (Phi) is 6.46. The van der Waals surface area contributed by atoms with Crippen molar-refractivity contribution >= 4 is 22.7 Å². The minimum absolute atomic E-state index is 0.103. The first-order valence-corrected chi connectivity index (χ1v) is 15.7. The summed E-state index contributed by atoms with van der Waals surface area (Å²) in [5, 5.41) is 9.93. The summed E-state index contributed by atoms with van der Waals surface area (Å²) in [5.74, 6) is 0.697. The number of aliphatic hydroxyl groups excluding tert-OH is 1. The number of imidazole rings is 1. The van der Waals surface area contributed by atoms with Crippen LogP contribution in [0.5, 0.6) is 0 Å². The van der Waals surface area contributed by atoms with Gasteiger partial charge in [-0.15, -0.1) is 0 Å². The van der Waals surface area contributed by atoms with Crippen LogP contribution in [0.2, 0.25) is 0 Å². The monoisotopic (exact) mass is 604 g/mol. The van der Waals surface area contributed by atoms with Crippen LogP contribution < -0.4 is 16.4 Å². The molecule has 3 fully saturated rings. The van der Waals surface area contributed by atoms with Gasteiger partial charge in [0.2, 0.25) is 0 Å². The second kappa shape index (κ2) is 10.3. The minimum Gasteiger partial charge on any atom is -0.383 e. The SMILES string of the molecule is CC(O)N1CC2(CCN(c3cccc(-c4ccc5nc(-c6cccnc6N)n(-c6ccc(C7(N)CCC7)cc6)c5n4)c3F)C2)C1. The van der Waals surface area contributed by atoms with Gasteiger partial charge >= 0.3 is 0 Å². The van der Waals surface area contributed by atoms with Gasteiger partial charge in [0.1, 0.15) is 17.6 Å². The van der Waals surface area contributed by atoms with E-state index in [1.54, 1.807) is 19.2 Å². The number of nitrogens with two attached hydrogens (primary N) is 2. The molecule has 2 aromatic carbocycles. The third kappa shape index (κ3) is 4.58. The number of rotatable bonds is 6. The lowest BCUT2D eigenvalue weighted by molar-refractivity contribution is -0.0927. The van der Waals surface area contributed by atoms with Crippen LogP contribution in [-0.2, 0) is 5.54 Å². The molecule has 5 aromatic rings. The number of benzene rings is 2. The summed E-state index contributed by atoms with van der Waals surface area (Å²) in [7, 11) is 0. The molecule has 5 heterocycles. The Labute approximate surface area is 261 Å². The average Bonchev–Trinajstić information content (AvgIpc) is 3.62. The van der Waals surface area contributed by atoms with Gasteiger partial charge in [-0.25, -0.2) is 19.3 Å². The van der Waals surface area contributed by atoms with Gasteiger partial charge < -0.3 is 21.5 Å². The highest BCUT2D eigenvalue weighted by molar-refractivity contribution is 5.85. The largest absolute Gasteiger partial charge is 0.383 e. The Bertz CT molecular complexity index is 1910. The third-order valence-corrected chi connectivity index (χ3v) is 10.2. The van der Waals surface area contributed by atoms with Gasteiger partial charge in [-0.1, -0.05) is 18.2 Å². The molecule has 1 saturated carbocycles. The van der Waals surface area contributed by atoms with Gasteiger partial charge in [0.25, 0.3) is 0 Å². The number of pyridine rings is 2. The minimum atomic E-state index is -0.452. The van der Waals surface area contributed by atoms with E-state index in [0.717, 1.165) is 63.1 Å². The van der Waals surface area contributed by atoms with E-state index in [-0.39, 0.29) is 16.8 Å². The maximum atomic E-state index is 16.3. The lowest BCUT2D eigenvalue weighted by Gasteiger charge is -2.49. The van der Waals surface area contributed by atoms with E-state index in [9.17, 15) is 5.11 Å². The highest BCUT2D eigenvalue weighted by atomic mass is 19.1. The van der Waals surface area contributed by atoms with Crippen molar-refractivity contribution in [3.8, 4) is 28.3 Å². The van der Waals surface area contributed by atoms with Gasteiger partial charge in [-0.3, -0.25) is 9.47 Å². The number of likely N-dealkylation sites (tertiary alicyclic amines) is 1. The molecule has 45 heavy (non-hydrogen) atoms. The Hall–Kier alpha value is -4.38. The van der Waals surface area contributed by atoms with Crippen molar-refractivity contribution in [2.45, 2.75) is 44.4 Å². The second-order valence-electron chi connectivity index (χ2n) is 13.1. The van der Waals surface area contributed by atoms with Crippen LogP contribution >= 0.6 is 0 Å². The molecule has 8 rings (SSSR count). The predicted molar refractivity (Wildman–Crippen MR) is 174 cm³/mol. The van der Waals surface area contributed by atoms with E-state index < -0.39 is 6.23 Å². The van der Waals surface area contributed by atoms with Crippen molar-refractivity contribution in [1.29, 1.82) is 0 Å². The highest BCUT2D eigenvalue weighted by Crippen LogP contribution is 2.43. The van der Waals surface area contributed by atoms with Crippen LogP contribution in [0.4, 0.5) is 15.9 Å². The number of halogens is 1. The Morgan fingerprint density at radius 2 is 1.69 bits per heavy atom. The highest BCUT2D eigenvalue weighted by Gasteiger charge is 2.49. The number of aliphatic hydroxyl groups is 1. The summed E-state index contributed by atoms with van der Waals surface area (Å²) < 4.78 is 18.3. The average molecular weight is 605 g/mol. The Balaban J connectivity index is 1.20. The summed E-state index contributed by atoms with van der Waals surface area (Å²) in [6.45, 7) is 5.02. The van der Waals surface area contributed by atoms with Gasteiger partial charge in [0.15, 0.2) is 17.3 Å². The molecule has 10 heteroatoms. The first-order chi connectivity index (χ1) is 21.7. The van der Waals surface area contributed by atoms with Crippen LogP contribution in [0.15, 0.2) is 72.9 Å². The van der Waals surface area contributed by atoms with E-state index in [4.69, 9.17) is 21.4 Å². The maximum Gasteiger partial charge on any atom is 0.165 e. The lowest BCUT2D eigenvalue weighted by atomic mass is 9.73. The van der Waals surface area contributed by atoms with E-state index in [1.165, 1.54) is 0 Å². The molecular formula is C35H37FN8O. The molecule has 230 valence electrons. The molecule has 0 bridgehead atoms. The van der Waals surface area contributed by atoms with Crippen molar-refractivity contribution in [2.24, 2.45) is 11.1 Å². The lowest BCUT2D eigenvalue weighted by Crippen LogP contribution is -2.60. The zero-order valence-electron chi connectivity index (χ0n) is 25.3. The van der Waals surface area contributed by atoms with E-state index in [0.29, 0.717) is 45.3 Å². The molecular weight excluding hydrogens is 567 g/mol. The molecule has 9 nitrogen and oxygen atoms in total. The molecule has 2 aliphatic heterocycles. The van der Waals surface area contributed by atoms with Gasteiger partial charge in [-0.05, 0) is 86.7 Å². The van der Waals surface area contributed by atoms with Crippen molar-refractivity contribution in [3.63, 3.8) is 0 Å². The van der Waals surface area contributed by atoms with Crippen molar-refractivity contribution < 1.29 is 9.50 Å². The fourth-order valence-corrected chi connectivity index (χ4v) is 7.37. The molecule has 1 atom stereocenters. The van der Waals surface area contributed by atoms with Gasteiger partial charge in [0, 0.05) is 54.6 Å². The zero-order chi connectivity index (χ0) is 30.9. The van der Waals surface area contributed by atoms with E-state index in [2.05, 4.69) is 26.9 Å². The number of fused-ring (bicyclic) bond motifs is 1. The molecule has 0 amide bonds. The van der Waals surface area contributed by atoms with Crippen LogP contribution in [0, 0.1) is 11.2 Å². The number of nitrogens with zero attached hydrogens (tertiary/aromatic N) is 6. The topological polar surface area (TPSA) is 122 Å². The van der Waals surface area contributed by atoms with Crippen LogP contribution in [-0.4, -0.2) is 61.9 Å². The summed E-state index contributed by atoms with van der Waals surface area (Å²) in [5.41, 5.74) is 18.3. The van der Waals surface area contributed by atoms with Crippen molar-refractivity contribution in [1.82, 2.24) is 24.4 Å². The molecule has 3 aromatic heterocycles. The van der Waals surface area contributed by atoms with Crippen LogP contribution in [0.25, 0.3) is 39.5 Å². The van der Waals surface area contributed by atoms with E-state index >= 15 is 4.39 Å². The van der Waals surface area contributed by atoms with Crippen molar-refractivity contribution in [2.75, 3.05) is 36.8 Å². The number of anilines is 2. The van der Waals surface area contributed by atoms with Crippen LogP contribution in [0.1, 0.15) is 38.2 Å². The Morgan fingerprint density at radius 1 is 0.911 bits per heavy atom. The second-order valence-corrected chi connectivity index (χ2v) is 13.1.